The van der Waals surface area contributed by atoms with Gasteiger partial charge in [0.2, 0.25) is 5.88 Å². The second-order valence-corrected chi connectivity index (χ2v) is 5.16. The van der Waals surface area contributed by atoms with Gasteiger partial charge in [-0.3, -0.25) is 4.79 Å². The van der Waals surface area contributed by atoms with Crippen molar-refractivity contribution in [3.8, 4) is 5.88 Å². The van der Waals surface area contributed by atoms with Crippen molar-refractivity contribution in [3.05, 3.63) is 23.9 Å². The molecule has 0 saturated carbocycles. The Balaban J connectivity index is 1.87. The summed E-state index contributed by atoms with van der Waals surface area (Å²) in [6.07, 6.45) is 2.49. The Morgan fingerprint density at radius 2 is 2.30 bits per heavy atom. The minimum atomic E-state index is -2.96. The average molecular weight is 329 g/mol. The van der Waals surface area contributed by atoms with Gasteiger partial charge < -0.3 is 20.1 Å². The van der Waals surface area contributed by atoms with E-state index in [1.54, 1.807) is 6.07 Å². The van der Waals surface area contributed by atoms with Gasteiger partial charge in [-0.2, -0.15) is 8.78 Å². The van der Waals surface area contributed by atoms with Crippen LogP contribution in [0.2, 0.25) is 0 Å². The van der Waals surface area contributed by atoms with Crippen molar-refractivity contribution in [3.63, 3.8) is 0 Å². The Bertz CT molecular complexity index is 571. The van der Waals surface area contributed by atoms with Crippen LogP contribution in [-0.4, -0.2) is 46.7 Å². The number of amides is 2. The lowest BCUT2D eigenvalue weighted by Gasteiger charge is -2.30. The van der Waals surface area contributed by atoms with Gasteiger partial charge in [0.1, 0.15) is 0 Å². The fraction of sp³-hybridized carbons (Fsp3) is 0.500. The number of carbonyl (C=O) groups is 2. The number of nitrogens with one attached hydrogen (secondary N) is 1. The molecule has 23 heavy (non-hydrogen) atoms. The third-order valence-electron chi connectivity index (χ3n) is 3.51. The van der Waals surface area contributed by atoms with E-state index in [9.17, 15) is 18.4 Å². The first-order valence-electron chi connectivity index (χ1n) is 7.11. The number of ether oxygens (including phenoxy) is 1. The van der Waals surface area contributed by atoms with Gasteiger partial charge in [0.05, 0.1) is 5.92 Å². The van der Waals surface area contributed by atoms with Crippen LogP contribution < -0.4 is 10.1 Å². The van der Waals surface area contributed by atoms with Crippen LogP contribution in [0.25, 0.3) is 0 Å². The molecule has 1 atom stereocenters. The van der Waals surface area contributed by atoms with Crippen molar-refractivity contribution in [1.82, 2.24) is 15.2 Å². The molecule has 2 amide bonds. The number of hydrogen-bond donors (Lipinski definition) is 2. The Morgan fingerprint density at radius 1 is 1.52 bits per heavy atom. The van der Waals surface area contributed by atoms with Crippen LogP contribution in [0.3, 0.4) is 0 Å². The minimum absolute atomic E-state index is 0.106. The summed E-state index contributed by atoms with van der Waals surface area (Å²) in [6, 6.07) is 2.49. The molecule has 9 heteroatoms. The molecular formula is C14H17F2N3O4. The van der Waals surface area contributed by atoms with E-state index < -0.39 is 18.5 Å². The van der Waals surface area contributed by atoms with Gasteiger partial charge in [0, 0.05) is 31.9 Å². The number of likely N-dealkylation sites (tertiary alicyclic amines) is 1. The van der Waals surface area contributed by atoms with Crippen molar-refractivity contribution >= 4 is 12.0 Å². The molecule has 0 aromatic carbocycles. The molecule has 1 unspecified atom stereocenters. The number of aliphatic carboxylic acids is 1. The second kappa shape index (κ2) is 7.70. The molecular weight excluding hydrogens is 312 g/mol. The van der Waals surface area contributed by atoms with Gasteiger partial charge in [-0.05, 0) is 24.5 Å². The normalized spacial score (nSPS) is 17.9. The van der Waals surface area contributed by atoms with Crippen molar-refractivity contribution in [1.29, 1.82) is 0 Å². The van der Waals surface area contributed by atoms with Gasteiger partial charge in [0.25, 0.3) is 0 Å². The van der Waals surface area contributed by atoms with E-state index in [0.29, 0.717) is 24.9 Å². The highest BCUT2D eigenvalue weighted by Gasteiger charge is 2.27. The first-order valence-corrected chi connectivity index (χ1v) is 7.11. The zero-order chi connectivity index (χ0) is 16.8. The lowest BCUT2D eigenvalue weighted by Crippen LogP contribution is -2.46. The summed E-state index contributed by atoms with van der Waals surface area (Å²) in [5.74, 6) is -1.69. The predicted octanol–water partition coefficient (Wildman–Crippen LogP) is 1.69. The quantitative estimate of drug-likeness (QED) is 0.858. The maximum absolute atomic E-state index is 12.1. The molecule has 1 aliphatic heterocycles. The number of carboxylic acids is 1. The average Bonchev–Trinajstić information content (AvgIpc) is 2.52. The van der Waals surface area contributed by atoms with E-state index in [4.69, 9.17) is 5.11 Å². The van der Waals surface area contributed by atoms with E-state index in [2.05, 4.69) is 15.0 Å². The van der Waals surface area contributed by atoms with Crippen molar-refractivity contribution in [2.24, 2.45) is 5.92 Å². The molecule has 2 N–H and O–H groups in total. The Hall–Kier alpha value is -2.45. The monoisotopic (exact) mass is 329 g/mol. The summed E-state index contributed by atoms with van der Waals surface area (Å²) in [4.78, 5) is 28.1. The van der Waals surface area contributed by atoms with Crippen LogP contribution in [0.4, 0.5) is 13.6 Å². The summed E-state index contributed by atoms with van der Waals surface area (Å²) in [5.41, 5.74) is 0.552. The highest BCUT2D eigenvalue weighted by atomic mass is 19.3. The third kappa shape index (κ3) is 5.04. The number of alkyl halides is 2. The summed E-state index contributed by atoms with van der Waals surface area (Å²) < 4.78 is 28.4. The van der Waals surface area contributed by atoms with Crippen molar-refractivity contribution in [2.45, 2.75) is 26.0 Å². The van der Waals surface area contributed by atoms with Crippen LogP contribution in [0.1, 0.15) is 18.4 Å². The van der Waals surface area contributed by atoms with Crippen molar-refractivity contribution in [2.75, 3.05) is 13.1 Å². The first kappa shape index (κ1) is 16.9. The van der Waals surface area contributed by atoms with Crippen molar-refractivity contribution < 1.29 is 28.2 Å². The first-order chi connectivity index (χ1) is 11.0. The van der Waals surface area contributed by atoms with Crippen LogP contribution in [-0.2, 0) is 11.3 Å². The highest BCUT2D eigenvalue weighted by molar-refractivity contribution is 5.76. The number of piperidine rings is 1. The second-order valence-electron chi connectivity index (χ2n) is 5.16. The molecule has 0 radical (unpaired) electrons. The number of urea groups is 1. The number of rotatable bonds is 5. The lowest BCUT2D eigenvalue weighted by atomic mass is 9.99. The molecule has 0 spiro atoms. The minimum Gasteiger partial charge on any atom is -0.481 e. The Kier molecular flexibility index (Phi) is 5.67. The van der Waals surface area contributed by atoms with E-state index in [1.807, 2.05) is 0 Å². The summed E-state index contributed by atoms with van der Waals surface area (Å²) in [6.45, 7) is -2.20. The van der Waals surface area contributed by atoms with Gasteiger partial charge in [-0.1, -0.05) is 0 Å². The van der Waals surface area contributed by atoms with Crippen LogP contribution in [0.5, 0.6) is 5.88 Å². The predicted molar refractivity (Wildman–Crippen MR) is 75.0 cm³/mol. The maximum Gasteiger partial charge on any atom is 0.388 e. The number of aromatic nitrogens is 1. The standard InChI is InChI=1S/C14H17F2N3O4/c15-13(16)23-11-6-9(3-4-17-11)7-18-14(22)19-5-1-2-10(8-19)12(20)21/h3-4,6,10,13H,1-2,5,7-8H2,(H,18,22)(H,20,21). The Morgan fingerprint density at radius 3 is 3.00 bits per heavy atom. The van der Waals surface area contributed by atoms with E-state index >= 15 is 0 Å². The molecule has 126 valence electrons. The highest BCUT2D eigenvalue weighted by Crippen LogP contribution is 2.17. The third-order valence-corrected chi connectivity index (χ3v) is 3.51. The molecule has 1 saturated heterocycles. The number of hydrogen-bond acceptors (Lipinski definition) is 4. The fourth-order valence-corrected chi connectivity index (χ4v) is 2.37. The smallest absolute Gasteiger partial charge is 0.388 e. The molecule has 0 aliphatic carbocycles. The van der Waals surface area contributed by atoms with Gasteiger partial charge in [-0.25, -0.2) is 9.78 Å². The topological polar surface area (TPSA) is 91.8 Å². The van der Waals surface area contributed by atoms with Gasteiger partial charge in [0.15, 0.2) is 0 Å². The van der Waals surface area contributed by atoms with Gasteiger partial charge in [-0.15, -0.1) is 0 Å². The van der Waals surface area contributed by atoms with Crippen LogP contribution >= 0.6 is 0 Å². The Labute approximate surface area is 131 Å². The molecule has 1 aromatic heterocycles. The summed E-state index contributed by atoms with van der Waals surface area (Å²) >= 11 is 0. The molecule has 2 rings (SSSR count). The van der Waals surface area contributed by atoms with Crippen LogP contribution in [0.15, 0.2) is 18.3 Å². The van der Waals surface area contributed by atoms with E-state index in [1.165, 1.54) is 17.2 Å². The number of carbonyl (C=O) groups excluding carboxylic acids is 1. The molecule has 1 aliphatic rings. The molecule has 2 heterocycles. The SMILES string of the molecule is O=C(O)C1CCCN(C(=O)NCc2ccnc(OC(F)F)c2)C1. The van der Waals surface area contributed by atoms with E-state index in [0.717, 1.165) is 0 Å². The zero-order valence-corrected chi connectivity index (χ0v) is 12.2. The number of carboxylic acid groups (broad SMARTS) is 1. The van der Waals surface area contributed by atoms with Crippen LogP contribution in [0, 0.1) is 5.92 Å². The molecule has 7 nitrogen and oxygen atoms in total. The number of nitrogens with zero attached hydrogens (tertiary/aromatic N) is 2. The maximum atomic E-state index is 12.1. The van der Waals surface area contributed by atoms with E-state index in [-0.39, 0.29) is 25.0 Å². The summed E-state index contributed by atoms with van der Waals surface area (Å²) in [5, 5.41) is 11.6. The summed E-state index contributed by atoms with van der Waals surface area (Å²) in [7, 11) is 0. The lowest BCUT2D eigenvalue weighted by molar-refractivity contribution is -0.143. The molecule has 1 fully saturated rings. The zero-order valence-electron chi connectivity index (χ0n) is 12.2. The number of halogens is 2. The molecule has 0 bridgehead atoms. The molecule has 1 aromatic rings. The largest absolute Gasteiger partial charge is 0.481 e. The van der Waals surface area contributed by atoms with Gasteiger partial charge >= 0.3 is 18.6 Å². The fourth-order valence-electron chi connectivity index (χ4n) is 2.37. The number of pyridine rings is 1.